The highest BCUT2D eigenvalue weighted by Crippen LogP contribution is 2.13. The molecule has 1 N–H and O–H groups in total. The van der Waals surface area contributed by atoms with Crippen molar-refractivity contribution in [2.75, 3.05) is 0 Å². The average Bonchev–Trinajstić information content (AvgIpc) is 3.14. The van der Waals surface area contributed by atoms with Crippen molar-refractivity contribution in [3.8, 4) is 0 Å². The molecule has 0 atom stereocenters. The first-order valence-corrected chi connectivity index (χ1v) is 7.87. The van der Waals surface area contributed by atoms with E-state index in [9.17, 15) is 4.79 Å². The molecule has 0 fully saturated rings. The summed E-state index contributed by atoms with van der Waals surface area (Å²) >= 11 is 0. The van der Waals surface area contributed by atoms with E-state index >= 15 is 0 Å². The zero-order valence-corrected chi connectivity index (χ0v) is 13.5. The molecule has 0 saturated carbocycles. The van der Waals surface area contributed by atoms with Crippen LogP contribution in [-0.2, 0) is 24.4 Å². The van der Waals surface area contributed by atoms with Crippen LogP contribution in [0.25, 0.3) is 10.9 Å². The first-order chi connectivity index (χ1) is 11.2. The number of benzene rings is 1. The molecule has 0 saturated heterocycles. The van der Waals surface area contributed by atoms with E-state index in [2.05, 4.69) is 22.4 Å². The van der Waals surface area contributed by atoms with Crippen molar-refractivity contribution in [3.05, 3.63) is 47.9 Å². The lowest BCUT2D eigenvalue weighted by molar-refractivity contribution is -0.121. The highest BCUT2D eigenvalue weighted by Gasteiger charge is 2.08. The van der Waals surface area contributed by atoms with Gasteiger partial charge in [-0.25, -0.2) is 0 Å². The predicted molar refractivity (Wildman–Crippen MR) is 88.8 cm³/mol. The Kier molecular flexibility index (Phi) is 4.41. The Bertz CT molecular complexity index is 817. The molecule has 1 amide bonds. The van der Waals surface area contributed by atoms with Crippen molar-refractivity contribution in [1.82, 2.24) is 24.9 Å². The fourth-order valence-corrected chi connectivity index (χ4v) is 2.67. The molecular formula is C17H21N5O. The fourth-order valence-electron chi connectivity index (χ4n) is 2.67. The second-order valence-corrected chi connectivity index (χ2v) is 5.52. The first-order valence-electron chi connectivity index (χ1n) is 7.87. The van der Waals surface area contributed by atoms with Crippen molar-refractivity contribution in [1.29, 1.82) is 0 Å². The summed E-state index contributed by atoms with van der Waals surface area (Å²) in [7, 11) is 0. The van der Waals surface area contributed by atoms with Gasteiger partial charge < -0.3 is 5.32 Å². The maximum absolute atomic E-state index is 12.1. The Morgan fingerprint density at radius 1 is 1.17 bits per heavy atom. The van der Waals surface area contributed by atoms with E-state index in [1.165, 1.54) is 0 Å². The van der Waals surface area contributed by atoms with Crippen molar-refractivity contribution in [2.45, 2.75) is 39.9 Å². The van der Waals surface area contributed by atoms with Gasteiger partial charge in [0.25, 0.3) is 0 Å². The largest absolute Gasteiger partial charge is 0.352 e. The van der Waals surface area contributed by atoms with Gasteiger partial charge in [-0.2, -0.15) is 10.2 Å². The monoisotopic (exact) mass is 311 g/mol. The number of rotatable bonds is 6. The molecular weight excluding hydrogens is 290 g/mol. The number of nitrogens with zero attached hydrogens (tertiary/aromatic N) is 4. The van der Waals surface area contributed by atoms with Gasteiger partial charge in [0.15, 0.2) is 0 Å². The summed E-state index contributed by atoms with van der Waals surface area (Å²) in [6, 6.07) is 8.00. The summed E-state index contributed by atoms with van der Waals surface area (Å²) in [6.45, 7) is 6.01. The molecule has 23 heavy (non-hydrogen) atoms. The minimum Gasteiger partial charge on any atom is -0.352 e. The standard InChI is InChI=1S/C17H21N5O/c1-3-21-13(2)15(12-19-21)10-18-17(23)8-9-22-16-7-5-4-6-14(16)11-20-22/h4-7,11-12H,3,8-10H2,1-2H3,(H,18,23). The molecule has 0 spiro atoms. The van der Waals surface area contributed by atoms with E-state index in [0.29, 0.717) is 19.5 Å². The fraction of sp³-hybridized carbons (Fsp3) is 0.353. The molecule has 3 rings (SSSR count). The molecule has 0 aliphatic rings. The van der Waals surface area contributed by atoms with Gasteiger partial charge in [0.1, 0.15) is 0 Å². The van der Waals surface area contributed by atoms with E-state index in [0.717, 1.165) is 28.7 Å². The van der Waals surface area contributed by atoms with E-state index in [4.69, 9.17) is 0 Å². The van der Waals surface area contributed by atoms with Gasteiger partial charge in [0.2, 0.25) is 5.91 Å². The molecule has 0 aliphatic heterocycles. The lowest BCUT2D eigenvalue weighted by Gasteiger charge is -2.06. The van der Waals surface area contributed by atoms with E-state index in [1.807, 2.05) is 52.9 Å². The summed E-state index contributed by atoms with van der Waals surface area (Å²) < 4.78 is 3.80. The van der Waals surface area contributed by atoms with Crippen molar-refractivity contribution in [2.24, 2.45) is 0 Å². The number of hydrogen-bond acceptors (Lipinski definition) is 3. The number of aryl methyl sites for hydroxylation is 2. The third kappa shape index (κ3) is 3.26. The summed E-state index contributed by atoms with van der Waals surface area (Å²) in [5.41, 5.74) is 3.22. The number of carbonyl (C=O) groups is 1. The summed E-state index contributed by atoms with van der Waals surface area (Å²) in [5.74, 6) is 0.0215. The topological polar surface area (TPSA) is 64.7 Å². The second-order valence-electron chi connectivity index (χ2n) is 5.52. The lowest BCUT2D eigenvalue weighted by atomic mass is 10.2. The molecule has 0 radical (unpaired) electrons. The Labute approximate surface area is 135 Å². The second kappa shape index (κ2) is 6.64. The molecule has 0 unspecified atom stereocenters. The predicted octanol–water partition coefficient (Wildman–Crippen LogP) is 2.27. The van der Waals surface area contributed by atoms with Gasteiger partial charge in [-0.1, -0.05) is 18.2 Å². The van der Waals surface area contributed by atoms with Crippen LogP contribution in [0.4, 0.5) is 0 Å². The van der Waals surface area contributed by atoms with Crippen molar-refractivity contribution < 1.29 is 4.79 Å². The van der Waals surface area contributed by atoms with Crippen LogP contribution in [0.3, 0.4) is 0 Å². The van der Waals surface area contributed by atoms with Gasteiger partial charge in [-0.15, -0.1) is 0 Å². The molecule has 0 aliphatic carbocycles. The molecule has 6 heteroatoms. The van der Waals surface area contributed by atoms with Crippen LogP contribution in [0.1, 0.15) is 24.6 Å². The highest BCUT2D eigenvalue weighted by atomic mass is 16.1. The number of para-hydroxylation sites is 1. The van der Waals surface area contributed by atoms with Gasteiger partial charge in [-0.3, -0.25) is 14.2 Å². The average molecular weight is 311 g/mol. The molecule has 120 valence electrons. The molecule has 2 aromatic heterocycles. The third-order valence-electron chi connectivity index (χ3n) is 4.08. The van der Waals surface area contributed by atoms with Crippen LogP contribution in [0, 0.1) is 6.92 Å². The minimum absolute atomic E-state index is 0.0215. The molecule has 1 aromatic carbocycles. The molecule has 2 heterocycles. The summed E-state index contributed by atoms with van der Waals surface area (Å²) in [6.07, 6.45) is 4.06. The van der Waals surface area contributed by atoms with Crippen LogP contribution in [0.2, 0.25) is 0 Å². The summed E-state index contributed by atoms with van der Waals surface area (Å²) in [4.78, 5) is 12.1. The smallest absolute Gasteiger partial charge is 0.222 e. The first kappa shape index (κ1) is 15.3. The Morgan fingerprint density at radius 2 is 1.96 bits per heavy atom. The SMILES string of the molecule is CCn1ncc(CNC(=O)CCn2ncc3ccccc32)c1C. The van der Waals surface area contributed by atoms with E-state index in [1.54, 1.807) is 0 Å². The zero-order chi connectivity index (χ0) is 16.2. The molecule has 6 nitrogen and oxygen atoms in total. The van der Waals surface area contributed by atoms with E-state index < -0.39 is 0 Å². The van der Waals surface area contributed by atoms with Gasteiger partial charge in [0, 0.05) is 36.2 Å². The Balaban J connectivity index is 1.54. The highest BCUT2D eigenvalue weighted by molar-refractivity contribution is 5.79. The molecule has 0 bridgehead atoms. The zero-order valence-electron chi connectivity index (χ0n) is 13.5. The quantitative estimate of drug-likeness (QED) is 0.759. The van der Waals surface area contributed by atoms with Crippen LogP contribution in [0.15, 0.2) is 36.7 Å². The molecule has 3 aromatic rings. The lowest BCUT2D eigenvalue weighted by Crippen LogP contribution is -2.24. The maximum Gasteiger partial charge on any atom is 0.222 e. The Hall–Kier alpha value is -2.63. The van der Waals surface area contributed by atoms with Gasteiger partial charge >= 0.3 is 0 Å². The number of carbonyl (C=O) groups excluding carboxylic acids is 1. The van der Waals surface area contributed by atoms with Crippen LogP contribution < -0.4 is 5.32 Å². The van der Waals surface area contributed by atoms with Gasteiger partial charge in [-0.05, 0) is 19.9 Å². The van der Waals surface area contributed by atoms with Crippen LogP contribution in [-0.4, -0.2) is 25.5 Å². The van der Waals surface area contributed by atoms with Crippen LogP contribution in [0.5, 0.6) is 0 Å². The third-order valence-corrected chi connectivity index (χ3v) is 4.08. The van der Waals surface area contributed by atoms with Crippen molar-refractivity contribution in [3.63, 3.8) is 0 Å². The van der Waals surface area contributed by atoms with E-state index in [-0.39, 0.29) is 5.91 Å². The number of amides is 1. The van der Waals surface area contributed by atoms with Crippen molar-refractivity contribution >= 4 is 16.8 Å². The Morgan fingerprint density at radius 3 is 2.74 bits per heavy atom. The normalized spacial score (nSPS) is 11.0. The number of nitrogens with one attached hydrogen (secondary N) is 1. The number of aromatic nitrogens is 4. The maximum atomic E-state index is 12.1. The minimum atomic E-state index is 0.0215. The summed E-state index contributed by atoms with van der Waals surface area (Å²) in [5, 5.41) is 12.7. The number of hydrogen-bond donors (Lipinski definition) is 1. The van der Waals surface area contributed by atoms with Crippen LogP contribution >= 0.6 is 0 Å². The van der Waals surface area contributed by atoms with Gasteiger partial charge in [0.05, 0.1) is 24.5 Å². The number of fused-ring (bicyclic) bond motifs is 1.